The summed E-state index contributed by atoms with van der Waals surface area (Å²) in [7, 11) is 2.78. The van der Waals surface area contributed by atoms with Crippen LogP contribution in [-0.2, 0) is 14.4 Å². The molecule has 4 aromatic rings. The SMILES string of the molecule is COc1cc(-c2c(-c3ccc(OC(C)=O)cc3)c3cc(C)c(OC(C)=O)cc3oc2=O)cc(OC)c1OC(C)=O. The molecule has 0 aliphatic rings. The first-order chi connectivity index (χ1) is 19.0. The van der Waals surface area contributed by atoms with E-state index in [0.717, 1.165) is 0 Å². The van der Waals surface area contributed by atoms with Crippen molar-refractivity contribution >= 4 is 28.9 Å². The van der Waals surface area contributed by atoms with Crippen molar-refractivity contribution in [1.82, 2.24) is 0 Å². The smallest absolute Gasteiger partial charge is 0.344 e. The van der Waals surface area contributed by atoms with Crippen LogP contribution in [0.5, 0.6) is 28.7 Å². The molecule has 0 aliphatic heterocycles. The maximum Gasteiger partial charge on any atom is 0.344 e. The number of fused-ring (bicyclic) bond motifs is 1. The molecule has 0 fully saturated rings. The summed E-state index contributed by atoms with van der Waals surface area (Å²) in [5.41, 5.74) is 1.73. The molecule has 10 nitrogen and oxygen atoms in total. The average molecular weight is 547 g/mol. The third-order valence-electron chi connectivity index (χ3n) is 5.86. The van der Waals surface area contributed by atoms with Gasteiger partial charge in [0.1, 0.15) is 17.1 Å². The van der Waals surface area contributed by atoms with Crippen LogP contribution in [0.2, 0.25) is 0 Å². The van der Waals surface area contributed by atoms with Gasteiger partial charge in [-0.05, 0) is 53.9 Å². The molecule has 0 spiro atoms. The van der Waals surface area contributed by atoms with Crippen LogP contribution in [0.15, 0.2) is 57.7 Å². The highest BCUT2D eigenvalue weighted by atomic mass is 16.6. The fourth-order valence-electron chi connectivity index (χ4n) is 4.29. The van der Waals surface area contributed by atoms with Crippen LogP contribution >= 0.6 is 0 Å². The third kappa shape index (κ3) is 5.65. The molecule has 4 rings (SSSR count). The van der Waals surface area contributed by atoms with Gasteiger partial charge in [0, 0.05) is 37.8 Å². The van der Waals surface area contributed by atoms with Crippen molar-refractivity contribution in [2.45, 2.75) is 27.7 Å². The number of carbonyl (C=O) groups excluding carboxylic acids is 3. The second-order valence-electron chi connectivity index (χ2n) is 8.77. The Morgan fingerprint density at radius 3 is 1.77 bits per heavy atom. The highest BCUT2D eigenvalue weighted by Gasteiger charge is 2.24. The van der Waals surface area contributed by atoms with Crippen molar-refractivity contribution in [3.05, 3.63) is 64.5 Å². The molecule has 0 radical (unpaired) electrons. The van der Waals surface area contributed by atoms with Crippen LogP contribution in [0.25, 0.3) is 33.2 Å². The van der Waals surface area contributed by atoms with Crippen LogP contribution in [-0.4, -0.2) is 32.1 Å². The molecular weight excluding hydrogens is 520 g/mol. The van der Waals surface area contributed by atoms with Crippen molar-refractivity contribution < 1.29 is 42.5 Å². The van der Waals surface area contributed by atoms with Crippen LogP contribution in [0.1, 0.15) is 26.3 Å². The number of benzene rings is 3. The lowest BCUT2D eigenvalue weighted by molar-refractivity contribution is -0.133. The van der Waals surface area contributed by atoms with Crippen LogP contribution in [0.4, 0.5) is 0 Å². The average Bonchev–Trinajstić information content (AvgIpc) is 2.88. The summed E-state index contributed by atoms with van der Waals surface area (Å²) in [5, 5.41) is 0.547. The Hall–Kier alpha value is -5.12. The first kappa shape index (κ1) is 27.9. The van der Waals surface area contributed by atoms with Crippen molar-refractivity contribution in [2.75, 3.05) is 14.2 Å². The second-order valence-corrected chi connectivity index (χ2v) is 8.77. The molecule has 0 unspecified atom stereocenters. The fraction of sp³-hybridized carbons (Fsp3) is 0.200. The van der Waals surface area contributed by atoms with E-state index in [1.165, 1.54) is 53.2 Å². The highest BCUT2D eigenvalue weighted by Crippen LogP contribution is 2.45. The number of aryl methyl sites for hydroxylation is 1. The normalized spacial score (nSPS) is 10.7. The predicted octanol–water partition coefficient (Wildman–Crippen LogP) is 5.23. The number of carbonyl (C=O) groups is 3. The van der Waals surface area contributed by atoms with E-state index >= 15 is 0 Å². The Balaban J connectivity index is 2.07. The Kier molecular flexibility index (Phi) is 7.90. The molecule has 1 heterocycles. The largest absolute Gasteiger partial charge is 0.493 e. The van der Waals surface area contributed by atoms with Gasteiger partial charge < -0.3 is 28.1 Å². The predicted molar refractivity (Wildman–Crippen MR) is 145 cm³/mol. The summed E-state index contributed by atoms with van der Waals surface area (Å²) in [6.07, 6.45) is 0. The number of hydrogen-bond donors (Lipinski definition) is 0. The van der Waals surface area contributed by atoms with Gasteiger partial charge in [0.25, 0.3) is 0 Å². The summed E-state index contributed by atoms with van der Waals surface area (Å²) in [5.74, 6) is -0.630. The fourth-order valence-corrected chi connectivity index (χ4v) is 4.29. The minimum absolute atomic E-state index is 0.0561. The van der Waals surface area contributed by atoms with Crippen LogP contribution in [0, 0.1) is 6.92 Å². The lowest BCUT2D eigenvalue weighted by Crippen LogP contribution is -2.09. The number of ether oxygens (including phenoxy) is 5. The lowest BCUT2D eigenvalue weighted by Gasteiger charge is -2.17. The quantitative estimate of drug-likeness (QED) is 0.173. The van der Waals surface area contributed by atoms with Gasteiger partial charge in [0.2, 0.25) is 5.75 Å². The lowest BCUT2D eigenvalue weighted by atomic mass is 9.92. The Bertz CT molecular complexity index is 1670. The summed E-state index contributed by atoms with van der Waals surface area (Å²) < 4.78 is 32.4. The Morgan fingerprint density at radius 2 is 1.25 bits per heavy atom. The van der Waals surface area contributed by atoms with Gasteiger partial charge in [0.05, 0.1) is 19.8 Å². The number of rotatable bonds is 7. The van der Waals surface area contributed by atoms with Gasteiger partial charge in [-0.2, -0.15) is 0 Å². The molecule has 0 saturated heterocycles. The van der Waals surface area contributed by atoms with Crippen molar-refractivity contribution in [1.29, 1.82) is 0 Å². The molecule has 0 N–H and O–H groups in total. The molecular formula is C30H26O10. The standard InChI is InChI=1S/C30H26O10/c1-15-11-22-24(14-23(15)38-17(3)32)40-30(34)28(27(22)19-7-9-21(10-8-19)37-16(2)31)20-12-25(35-5)29(39-18(4)33)26(13-20)36-6/h7-14H,1-6H3. The molecule has 0 saturated carbocycles. The van der Waals surface area contributed by atoms with Gasteiger partial charge in [-0.25, -0.2) is 4.79 Å². The van der Waals surface area contributed by atoms with Gasteiger partial charge in [-0.15, -0.1) is 0 Å². The van der Waals surface area contributed by atoms with E-state index in [1.54, 1.807) is 37.3 Å². The molecule has 206 valence electrons. The van der Waals surface area contributed by atoms with E-state index < -0.39 is 23.5 Å². The van der Waals surface area contributed by atoms with E-state index in [2.05, 4.69) is 0 Å². The first-order valence-corrected chi connectivity index (χ1v) is 12.1. The Labute approximate surface area is 229 Å². The number of hydrogen-bond acceptors (Lipinski definition) is 10. The third-order valence-corrected chi connectivity index (χ3v) is 5.86. The van der Waals surface area contributed by atoms with E-state index in [-0.39, 0.29) is 34.1 Å². The summed E-state index contributed by atoms with van der Waals surface area (Å²) in [4.78, 5) is 48.3. The molecule has 0 atom stereocenters. The van der Waals surface area contributed by atoms with Gasteiger partial charge in [-0.1, -0.05) is 12.1 Å². The topological polar surface area (TPSA) is 128 Å². The van der Waals surface area contributed by atoms with Gasteiger partial charge in [0.15, 0.2) is 11.5 Å². The number of methoxy groups -OCH3 is 2. The molecule has 40 heavy (non-hydrogen) atoms. The molecule has 1 aromatic heterocycles. The van der Waals surface area contributed by atoms with Crippen molar-refractivity contribution in [2.24, 2.45) is 0 Å². The minimum atomic E-state index is -0.700. The second kappa shape index (κ2) is 11.3. The van der Waals surface area contributed by atoms with Gasteiger partial charge in [-0.3, -0.25) is 14.4 Å². The molecule has 0 aliphatic carbocycles. The zero-order chi connectivity index (χ0) is 29.1. The van der Waals surface area contributed by atoms with Gasteiger partial charge >= 0.3 is 23.5 Å². The monoisotopic (exact) mass is 546 g/mol. The summed E-state index contributed by atoms with van der Waals surface area (Å²) >= 11 is 0. The summed E-state index contributed by atoms with van der Waals surface area (Å²) in [6, 6.07) is 12.9. The van der Waals surface area contributed by atoms with Crippen molar-refractivity contribution in [3.63, 3.8) is 0 Å². The maximum absolute atomic E-state index is 13.6. The van der Waals surface area contributed by atoms with E-state index in [9.17, 15) is 19.2 Å². The molecule has 0 bridgehead atoms. The molecule has 10 heteroatoms. The maximum atomic E-state index is 13.6. The summed E-state index contributed by atoms with van der Waals surface area (Å²) in [6.45, 7) is 5.58. The molecule has 3 aromatic carbocycles. The van der Waals surface area contributed by atoms with E-state index in [4.69, 9.17) is 28.1 Å². The van der Waals surface area contributed by atoms with Crippen LogP contribution < -0.4 is 29.3 Å². The zero-order valence-electron chi connectivity index (χ0n) is 22.7. The van der Waals surface area contributed by atoms with Crippen LogP contribution in [0.3, 0.4) is 0 Å². The number of esters is 3. The van der Waals surface area contributed by atoms with Crippen molar-refractivity contribution in [3.8, 4) is 51.0 Å². The highest BCUT2D eigenvalue weighted by molar-refractivity contribution is 6.02. The molecule has 0 amide bonds. The Morgan fingerprint density at radius 1 is 0.675 bits per heavy atom. The minimum Gasteiger partial charge on any atom is -0.493 e. The zero-order valence-corrected chi connectivity index (χ0v) is 22.7. The van der Waals surface area contributed by atoms with E-state index in [0.29, 0.717) is 33.4 Å². The van der Waals surface area contributed by atoms with E-state index in [1.807, 2.05) is 0 Å². The first-order valence-electron chi connectivity index (χ1n) is 12.1.